The first-order valence-electron chi connectivity index (χ1n) is 9.73. The molecule has 144 valence electrons. The van der Waals surface area contributed by atoms with Crippen LogP contribution in [0.15, 0.2) is 54.7 Å². The maximum absolute atomic E-state index is 11.8. The number of hydrogen-bond donors (Lipinski definition) is 0. The molecule has 2 aromatic carbocycles. The molecule has 1 aromatic heterocycles. The van der Waals surface area contributed by atoms with Crippen molar-refractivity contribution in [1.29, 1.82) is 0 Å². The van der Waals surface area contributed by atoms with E-state index in [0.29, 0.717) is 11.6 Å². The number of rotatable bonds is 4. The van der Waals surface area contributed by atoms with Crippen molar-refractivity contribution in [2.45, 2.75) is 32.3 Å². The van der Waals surface area contributed by atoms with Crippen LogP contribution in [-0.2, 0) is 4.79 Å². The number of ether oxygens (including phenoxy) is 1. The first-order valence-corrected chi connectivity index (χ1v) is 10.1. The van der Waals surface area contributed by atoms with Crippen LogP contribution in [0.5, 0.6) is 5.75 Å². The van der Waals surface area contributed by atoms with Crippen molar-refractivity contribution >= 4 is 28.3 Å². The van der Waals surface area contributed by atoms with Crippen LogP contribution in [0.25, 0.3) is 21.9 Å². The Bertz CT molecular complexity index is 980. The predicted octanol–water partition coefficient (Wildman–Crippen LogP) is 5.34. The second-order valence-corrected chi connectivity index (χ2v) is 7.47. The molecule has 1 fully saturated rings. The van der Waals surface area contributed by atoms with Crippen molar-refractivity contribution in [3.05, 3.63) is 59.9 Å². The van der Waals surface area contributed by atoms with Gasteiger partial charge in [0.1, 0.15) is 17.0 Å². The molecule has 5 heteroatoms. The Hall–Kier alpha value is -2.59. The fourth-order valence-electron chi connectivity index (χ4n) is 3.69. The minimum absolute atomic E-state index is 0.169. The Morgan fingerprint density at radius 3 is 2.54 bits per heavy atom. The summed E-state index contributed by atoms with van der Waals surface area (Å²) in [6, 6.07) is 16.4. The first-order chi connectivity index (χ1) is 13.6. The van der Waals surface area contributed by atoms with Crippen molar-refractivity contribution in [2.75, 3.05) is 13.1 Å². The molecule has 0 unspecified atom stereocenters. The summed E-state index contributed by atoms with van der Waals surface area (Å²) in [5.41, 5.74) is 2.26. The van der Waals surface area contributed by atoms with Crippen molar-refractivity contribution in [3.63, 3.8) is 0 Å². The Labute approximate surface area is 170 Å². The standard InChI is InChI=1S/C23H23ClN2O2/c1-2-22(27)26-13-10-20(11-14-26)28-19-6-3-16(4-7-19)17-5-8-21-18(15-17)9-12-25-23(21)24/h3-9,12,15,20H,2,10-11,13-14H2,1H3. The summed E-state index contributed by atoms with van der Waals surface area (Å²) in [6.45, 7) is 3.47. The van der Waals surface area contributed by atoms with E-state index in [4.69, 9.17) is 16.3 Å². The van der Waals surface area contributed by atoms with E-state index in [0.717, 1.165) is 53.6 Å². The van der Waals surface area contributed by atoms with Gasteiger partial charge in [-0.25, -0.2) is 4.98 Å². The summed E-state index contributed by atoms with van der Waals surface area (Å²) >= 11 is 6.15. The lowest BCUT2D eigenvalue weighted by Gasteiger charge is -2.32. The van der Waals surface area contributed by atoms with Gasteiger partial charge in [0, 0.05) is 43.9 Å². The number of pyridine rings is 1. The summed E-state index contributed by atoms with van der Waals surface area (Å²) in [5.74, 6) is 1.10. The average molecular weight is 395 g/mol. The van der Waals surface area contributed by atoms with Gasteiger partial charge in [0.25, 0.3) is 0 Å². The zero-order valence-electron chi connectivity index (χ0n) is 15.9. The molecule has 28 heavy (non-hydrogen) atoms. The van der Waals surface area contributed by atoms with Crippen LogP contribution in [0.1, 0.15) is 26.2 Å². The number of carbonyl (C=O) groups excluding carboxylic acids is 1. The molecule has 1 amide bonds. The molecule has 4 nitrogen and oxygen atoms in total. The molecule has 1 saturated heterocycles. The molecule has 0 saturated carbocycles. The highest BCUT2D eigenvalue weighted by Gasteiger charge is 2.22. The lowest BCUT2D eigenvalue weighted by Crippen LogP contribution is -2.41. The Balaban J connectivity index is 1.43. The fraction of sp³-hybridized carbons (Fsp3) is 0.304. The van der Waals surface area contributed by atoms with Gasteiger partial charge >= 0.3 is 0 Å². The van der Waals surface area contributed by atoms with Gasteiger partial charge in [0.05, 0.1) is 0 Å². The van der Waals surface area contributed by atoms with E-state index < -0.39 is 0 Å². The molecule has 0 aliphatic carbocycles. The summed E-state index contributed by atoms with van der Waals surface area (Å²) in [4.78, 5) is 17.8. The quantitative estimate of drug-likeness (QED) is 0.561. The predicted molar refractivity (Wildman–Crippen MR) is 113 cm³/mol. The fourth-order valence-corrected chi connectivity index (χ4v) is 3.91. The Morgan fingerprint density at radius 1 is 1.11 bits per heavy atom. The van der Waals surface area contributed by atoms with Crippen LogP contribution in [0.4, 0.5) is 0 Å². The zero-order valence-corrected chi connectivity index (χ0v) is 16.7. The number of likely N-dealkylation sites (tertiary alicyclic amines) is 1. The topological polar surface area (TPSA) is 42.4 Å². The van der Waals surface area contributed by atoms with E-state index in [1.165, 1.54) is 0 Å². The SMILES string of the molecule is CCC(=O)N1CCC(Oc2ccc(-c3ccc4c(Cl)nccc4c3)cc2)CC1. The van der Waals surface area contributed by atoms with Gasteiger partial charge in [-0.1, -0.05) is 42.8 Å². The number of amides is 1. The minimum atomic E-state index is 0.169. The number of halogens is 1. The largest absolute Gasteiger partial charge is 0.490 e. The maximum atomic E-state index is 11.8. The van der Waals surface area contributed by atoms with Crippen molar-refractivity contribution in [3.8, 4) is 16.9 Å². The smallest absolute Gasteiger partial charge is 0.222 e. The molecule has 4 rings (SSSR count). The maximum Gasteiger partial charge on any atom is 0.222 e. The second-order valence-electron chi connectivity index (χ2n) is 7.11. The van der Waals surface area contributed by atoms with Crippen molar-refractivity contribution in [2.24, 2.45) is 0 Å². The van der Waals surface area contributed by atoms with Crippen LogP contribution in [0, 0.1) is 0 Å². The van der Waals surface area contributed by atoms with E-state index in [2.05, 4.69) is 29.2 Å². The lowest BCUT2D eigenvalue weighted by molar-refractivity contribution is -0.132. The van der Waals surface area contributed by atoms with Gasteiger partial charge in [-0.05, 0) is 40.8 Å². The van der Waals surface area contributed by atoms with Gasteiger partial charge in [-0.3, -0.25) is 4.79 Å². The Kier molecular flexibility index (Phi) is 5.49. The summed E-state index contributed by atoms with van der Waals surface area (Å²) in [5, 5.41) is 2.56. The third-order valence-electron chi connectivity index (χ3n) is 5.30. The molecule has 0 spiro atoms. The molecular formula is C23H23ClN2O2. The molecule has 2 heterocycles. The van der Waals surface area contributed by atoms with Crippen LogP contribution in [0.3, 0.4) is 0 Å². The number of nitrogens with zero attached hydrogens (tertiary/aromatic N) is 2. The summed E-state index contributed by atoms with van der Waals surface area (Å²) in [7, 11) is 0. The molecule has 1 aliphatic rings. The van der Waals surface area contributed by atoms with Gasteiger partial charge in [-0.15, -0.1) is 0 Å². The highest BCUT2D eigenvalue weighted by atomic mass is 35.5. The van der Waals surface area contributed by atoms with Gasteiger partial charge in [0.15, 0.2) is 0 Å². The lowest BCUT2D eigenvalue weighted by atomic mass is 10.0. The number of carbonyl (C=O) groups is 1. The third kappa shape index (κ3) is 3.97. The third-order valence-corrected chi connectivity index (χ3v) is 5.60. The van der Waals surface area contributed by atoms with Gasteiger partial charge in [0.2, 0.25) is 5.91 Å². The van der Waals surface area contributed by atoms with E-state index >= 15 is 0 Å². The molecule has 0 atom stereocenters. The number of benzene rings is 2. The molecule has 3 aromatic rings. The molecule has 0 N–H and O–H groups in total. The van der Waals surface area contributed by atoms with Crippen LogP contribution in [-0.4, -0.2) is 35.0 Å². The highest BCUT2D eigenvalue weighted by Crippen LogP contribution is 2.29. The number of piperidine rings is 1. The molecular weight excluding hydrogens is 372 g/mol. The number of hydrogen-bond acceptors (Lipinski definition) is 3. The summed E-state index contributed by atoms with van der Waals surface area (Å²) < 4.78 is 6.13. The van der Waals surface area contributed by atoms with Gasteiger partial charge < -0.3 is 9.64 Å². The van der Waals surface area contributed by atoms with E-state index in [9.17, 15) is 4.79 Å². The van der Waals surface area contributed by atoms with Crippen LogP contribution < -0.4 is 4.74 Å². The number of aromatic nitrogens is 1. The first kappa shape index (κ1) is 18.8. The van der Waals surface area contributed by atoms with Crippen molar-refractivity contribution in [1.82, 2.24) is 9.88 Å². The summed E-state index contributed by atoms with van der Waals surface area (Å²) in [6.07, 6.45) is 4.23. The normalized spacial score (nSPS) is 15.0. The number of fused-ring (bicyclic) bond motifs is 1. The monoisotopic (exact) mass is 394 g/mol. The van der Waals surface area contributed by atoms with Crippen LogP contribution >= 0.6 is 11.6 Å². The molecule has 0 bridgehead atoms. The molecule has 0 radical (unpaired) electrons. The highest BCUT2D eigenvalue weighted by molar-refractivity contribution is 6.34. The van der Waals surface area contributed by atoms with E-state index in [1.807, 2.05) is 36.1 Å². The van der Waals surface area contributed by atoms with Crippen molar-refractivity contribution < 1.29 is 9.53 Å². The minimum Gasteiger partial charge on any atom is -0.490 e. The van der Waals surface area contributed by atoms with Gasteiger partial charge in [-0.2, -0.15) is 0 Å². The molecule has 1 aliphatic heterocycles. The zero-order chi connectivity index (χ0) is 19.5. The Morgan fingerprint density at radius 2 is 1.82 bits per heavy atom. The van der Waals surface area contributed by atoms with E-state index in [1.54, 1.807) is 6.20 Å². The van der Waals surface area contributed by atoms with E-state index in [-0.39, 0.29) is 12.0 Å². The second kappa shape index (κ2) is 8.19. The average Bonchev–Trinajstić information content (AvgIpc) is 2.74. The van der Waals surface area contributed by atoms with Crippen LogP contribution in [0.2, 0.25) is 5.15 Å².